The fraction of sp³-hybridized carbons (Fsp3) is 1.00. The molecule has 0 aliphatic heterocycles. The van der Waals surface area contributed by atoms with Gasteiger partial charge in [-0.2, -0.15) is 13.2 Å². The first-order chi connectivity index (χ1) is 6.33. The van der Waals surface area contributed by atoms with Crippen LogP contribution in [0.2, 0.25) is 0 Å². The van der Waals surface area contributed by atoms with Crippen LogP contribution in [0.3, 0.4) is 0 Å². The molecule has 14 heavy (non-hydrogen) atoms. The predicted molar refractivity (Wildman–Crippen MR) is 42.3 cm³/mol. The lowest BCUT2D eigenvalue weighted by Gasteiger charge is -2.24. The van der Waals surface area contributed by atoms with E-state index in [1.54, 1.807) is 0 Å². The molecular formula is C7H14F3NO3. The molecule has 7 heteroatoms. The normalized spacial score (nSPS) is 13.3. The Kier molecular flexibility index (Phi) is 5.35. The Bertz CT molecular complexity index is 159. The summed E-state index contributed by atoms with van der Waals surface area (Å²) < 4.78 is 34.7. The van der Waals surface area contributed by atoms with Crippen molar-refractivity contribution in [3.05, 3.63) is 0 Å². The number of rotatable bonds is 6. The van der Waals surface area contributed by atoms with Crippen LogP contribution in [0.5, 0.6) is 0 Å². The molecule has 0 heterocycles. The first-order valence-electron chi connectivity index (χ1n) is 3.96. The van der Waals surface area contributed by atoms with Crippen molar-refractivity contribution >= 4 is 0 Å². The van der Waals surface area contributed by atoms with Gasteiger partial charge in [-0.3, -0.25) is 4.84 Å². The van der Waals surface area contributed by atoms with E-state index in [0.717, 1.165) is 0 Å². The SMILES string of the molecule is CC(CO)(CO)CNOCC(F)(F)F. The fourth-order valence-electron chi connectivity index (χ4n) is 0.520. The molecule has 0 spiro atoms. The molecule has 0 saturated heterocycles. The fourth-order valence-corrected chi connectivity index (χ4v) is 0.520. The van der Waals surface area contributed by atoms with Gasteiger partial charge in [0.15, 0.2) is 6.61 Å². The maximum absolute atomic E-state index is 11.6. The second-order valence-electron chi connectivity index (χ2n) is 3.35. The minimum absolute atomic E-state index is 0.0594. The Morgan fingerprint density at radius 3 is 2.07 bits per heavy atom. The summed E-state index contributed by atoms with van der Waals surface area (Å²) in [4.78, 5) is 4.10. The number of hydrogen-bond acceptors (Lipinski definition) is 4. The summed E-state index contributed by atoms with van der Waals surface area (Å²) in [5.74, 6) is 0. The number of aliphatic hydroxyl groups excluding tert-OH is 2. The van der Waals surface area contributed by atoms with Gasteiger partial charge < -0.3 is 10.2 Å². The van der Waals surface area contributed by atoms with Crippen molar-refractivity contribution in [1.29, 1.82) is 0 Å². The molecule has 0 aromatic carbocycles. The van der Waals surface area contributed by atoms with E-state index in [1.165, 1.54) is 6.92 Å². The Morgan fingerprint density at radius 1 is 1.21 bits per heavy atom. The number of halogens is 3. The average Bonchev–Trinajstić information content (AvgIpc) is 2.11. The molecule has 4 nitrogen and oxygen atoms in total. The molecule has 0 aromatic rings. The van der Waals surface area contributed by atoms with Gasteiger partial charge in [-0.25, -0.2) is 5.48 Å². The molecule has 0 radical (unpaired) electrons. The Balaban J connectivity index is 3.63. The van der Waals surface area contributed by atoms with Gasteiger partial charge in [0.2, 0.25) is 0 Å². The van der Waals surface area contributed by atoms with Crippen molar-refractivity contribution in [1.82, 2.24) is 5.48 Å². The zero-order chi connectivity index (χ0) is 11.2. The summed E-state index contributed by atoms with van der Waals surface area (Å²) in [6.45, 7) is -0.634. The zero-order valence-electron chi connectivity index (χ0n) is 7.76. The minimum atomic E-state index is -4.39. The molecule has 0 aliphatic carbocycles. The summed E-state index contributed by atoms with van der Waals surface area (Å²) in [5.41, 5.74) is 1.16. The summed E-state index contributed by atoms with van der Waals surface area (Å²) in [6, 6.07) is 0. The molecule has 0 fully saturated rings. The maximum atomic E-state index is 11.6. The molecule has 0 bridgehead atoms. The van der Waals surface area contributed by atoms with Crippen molar-refractivity contribution < 1.29 is 28.2 Å². The predicted octanol–water partition coefficient (Wildman–Crippen LogP) is 0.0608. The van der Waals surface area contributed by atoms with Crippen molar-refractivity contribution in [2.24, 2.45) is 5.41 Å². The van der Waals surface area contributed by atoms with Crippen molar-refractivity contribution in [2.45, 2.75) is 13.1 Å². The smallest absolute Gasteiger partial charge is 0.396 e. The van der Waals surface area contributed by atoms with Gasteiger partial charge in [-0.1, -0.05) is 6.92 Å². The largest absolute Gasteiger partial charge is 0.413 e. The van der Waals surface area contributed by atoms with E-state index in [-0.39, 0.29) is 19.8 Å². The van der Waals surface area contributed by atoms with Crippen molar-refractivity contribution in [3.8, 4) is 0 Å². The molecule has 0 unspecified atom stereocenters. The van der Waals surface area contributed by atoms with Crippen LogP contribution >= 0.6 is 0 Å². The molecule has 0 aromatic heterocycles. The van der Waals surface area contributed by atoms with Gasteiger partial charge in [0.25, 0.3) is 0 Å². The van der Waals surface area contributed by atoms with Crippen LogP contribution in [-0.2, 0) is 4.84 Å². The quantitative estimate of drug-likeness (QED) is 0.435. The Hall–Kier alpha value is -0.370. The van der Waals surface area contributed by atoms with Crippen LogP contribution in [0.1, 0.15) is 6.92 Å². The van der Waals surface area contributed by atoms with E-state index in [2.05, 4.69) is 4.84 Å². The highest BCUT2D eigenvalue weighted by Gasteiger charge is 2.28. The van der Waals surface area contributed by atoms with Gasteiger partial charge >= 0.3 is 6.18 Å². The number of aliphatic hydroxyl groups is 2. The van der Waals surface area contributed by atoms with Crippen LogP contribution in [0, 0.1) is 5.41 Å². The lowest BCUT2D eigenvalue weighted by Crippen LogP contribution is -2.39. The van der Waals surface area contributed by atoms with Crippen LogP contribution < -0.4 is 5.48 Å². The third-order valence-corrected chi connectivity index (χ3v) is 1.60. The van der Waals surface area contributed by atoms with E-state index in [9.17, 15) is 13.2 Å². The average molecular weight is 217 g/mol. The Morgan fingerprint density at radius 2 is 1.71 bits per heavy atom. The van der Waals surface area contributed by atoms with E-state index in [0.29, 0.717) is 0 Å². The van der Waals surface area contributed by atoms with Gasteiger partial charge in [0.1, 0.15) is 0 Å². The van der Waals surface area contributed by atoms with Crippen molar-refractivity contribution in [2.75, 3.05) is 26.4 Å². The number of alkyl halides is 3. The topological polar surface area (TPSA) is 61.7 Å². The van der Waals surface area contributed by atoms with Gasteiger partial charge in [-0.05, 0) is 0 Å². The van der Waals surface area contributed by atoms with Gasteiger partial charge in [0.05, 0.1) is 13.2 Å². The molecule has 0 aliphatic rings. The van der Waals surface area contributed by atoms with Crippen LogP contribution in [-0.4, -0.2) is 42.8 Å². The minimum Gasteiger partial charge on any atom is -0.396 e. The number of hydroxylamine groups is 1. The highest BCUT2D eigenvalue weighted by atomic mass is 19.4. The lowest BCUT2D eigenvalue weighted by atomic mass is 9.94. The highest BCUT2D eigenvalue weighted by molar-refractivity contribution is 4.72. The van der Waals surface area contributed by atoms with E-state index < -0.39 is 18.2 Å². The summed E-state index contributed by atoms with van der Waals surface area (Å²) in [6.07, 6.45) is -4.39. The molecule has 0 amide bonds. The summed E-state index contributed by atoms with van der Waals surface area (Å²) >= 11 is 0. The second kappa shape index (κ2) is 5.50. The molecular weight excluding hydrogens is 203 g/mol. The third kappa shape index (κ3) is 6.14. The maximum Gasteiger partial charge on any atom is 0.413 e. The molecule has 0 rings (SSSR count). The second-order valence-corrected chi connectivity index (χ2v) is 3.35. The van der Waals surface area contributed by atoms with Crippen LogP contribution in [0.4, 0.5) is 13.2 Å². The molecule has 86 valence electrons. The molecule has 0 saturated carbocycles. The van der Waals surface area contributed by atoms with E-state index in [4.69, 9.17) is 10.2 Å². The summed E-state index contributed by atoms with van der Waals surface area (Å²) in [5, 5.41) is 17.5. The molecule has 3 N–H and O–H groups in total. The van der Waals surface area contributed by atoms with E-state index >= 15 is 0 Å². The Labute approximate surface area is 79.6 Å². The third-order valence-electron chi connectivity index (χ3n) is 1.60. The van der Waals surface area contributed by atoms with Crippen LogP contribution in [0.25, 0.3) is 0 Å². The monoisotopic (exact) mass is 217 g/mol. The zero-order valence-corrected chi connectivity index (χ0v) is 7.76. The van der Waals surface area contributed by atoms with Gasteiger partial charge in [0, 0.05) is 12.0 Å². The van der Waals surface area contributed by atoms with Crippen LogP contribution in [0.15, 0.2) is 0 Å². The summed E-state index contributed by atoms with van der Waals surface area (Å²) in [7, 11) is 0. The number of nitrogens with one attached hydrogen (secondary N) is 1. The first kappa shape index (κ1) is 13.6. The molecule has 0 atom stereocenters. The van der Waals surface area contributed by atoms with Gasteiger partial charge in [-0.15, -0.1) is 0 Å². The first-order valence-corrected chi connectivity index (χ1v) is 3.96. The lowest BCUT2D eigenvalue weighted by molar-refractivity contribution is -0.192. The van der Waals surface area contributed by atoms with Crippen molar-refractivity contribution in [3.63, 3.8) is 0 Å². The standard InChI is InChI=1S/C7H14F3NO3/c1-6(3-12,4-13)2-11-14-5-7(8,9)10/h11-13H,2-5H2,1H3. The highest BCUT2D eigenvalue weighted by Crippen LogP contribution is 2.15. The number of hydrogen-bond donors (Lipinski definition) is 3. The van der Waals surface area contributed by atoms with E-state index in [1.807, 2.05) is 5.48 Å².